The fourth-order valence-corrected chi connectivity index (χ4v) is 2.32. The summed E-state index contributed by atoms with van der Waals surface area (Å²) in [5, 5.41) is 3.36. The Morgan fingerprint density at radius 3 is 3.00 bits per heavy atom. The third-order valence-electron chi connectivity index (χ3n) is 3.30. The number of morpholine rings is 1. The smallest absolute Gasteiger partial charge is 0.122 e. The molecule has 0 spiro atoms. The number of hydrogen-bond acceptors (Lipinski definition) is 3. The Morgan fingerprint density at radius 1 is 1.44 bits per heavy atom. The van der Waals surface area contributed by atoms with Gasteiger partial charge in [0, 0.05) is 13.1 Å². The van der Waals surface area contributed by atoms with Gasteiger partial charge < -0.3 is 14.8 Å². The summed E-state index contributed by atoms with van der Waals surface area (Å²) >= 11 is 0. The van der Waals surface area contributed by atoms with Crippen LogP contribution in [0.15, 0.2) is 18.2 Å². The minimum absolute atomic E-state index is 0.366. The van der Waals surface area contributed by atoms with Crippen molar-refractivity contribution in [2.24, 2.45) is 0 Å². The van der Waals surface area contributed by atoms with Gasteiger partial charge in [0.15, 0.2) is 0 Å². The van der Waals surface area contributed by atoms with Gasteiger partial charge in [0.2, 0.25) is 0 Å². The molecular weight excluding hydrogens is 226 g/mol. The molecule has 1 aromatic rings. The van der Waals surface area contributed by atoms with E-state index in [2.05, 4.69) is 30.4 Å². The van der Waals surface area contributed by atoms with E-state index in [1.54, 1.807) is 0 Å². The molecule has 0 amide bonds. The number of benzene rings is 1. The summed E-state index contributed by atoms with van der Waals surface area (Å²) in [6.45, 7) is 7.65. The molecule has 18 heavy (non-hydrogen) atoms. The van der Waals surface area contributed by atoms with E-state index < -0.39 is 0 Å². The predicted octanol–water partition coefficient (Wildman–Crippen LogP) is 2.31. The van der Waals surface area contributed by atoms with Crippen LogP contribution in [0.4, 0.5) is 0 Å². The fourth-order valence-electron chi connectivity index (χ4n) is 2.32. The summed E-state index contributed by atoms with van der Waals surface area (Å²) in [7, 11) is 0. The molecule has 3 heteroatoms. The molecular formula is C15H23NO2. The van der Waals surface area contributed by atoms with Gasteiger partial charge in [-0.1, -0.05) is 12.1 Å². The molecule has 1 aliphatic rings. The lowest BCUT2D eigenvalue weighted by molar-refractivity contribution is 0.0238. The quantitative estimate of drug-likeness (QED) is 0.868. The lowest BCUT2D eigenvalue weighted by Gasteiger charge is -2.23. The van der Waals surface area contributed by atoms with E-state index in [4.69, 9.17) is 9.47 Å². The number of nitrogens with one attached hydrogen (secondary N) is 1. The van der Waals surface area contributed by atoms with Crippen LogP contribution in [-0.4, -0.2) is 32.4 Å². The molecule has 1 atom stereocenters. The topological polar surface area (TPSA) is 30.5 Å². The van der Waals surface area contributed by atoms with Crippen LogP contribution in [0.2, 0.25) is 0 Å². The molecule has 1 saturated heterocycles. The van der Waals surface area contributed by atoms with E-state index in [9.17, 15) is 0 Å². The van der Waals surface area contributed by atoms with Gasteiger partial charge in [0.25, 0.3) is 0 Å². The zero-order valence-electron chi connectivity index (χ0n) is 11.4. The number of ether oxygens (including phenoxy) is 2. The zero-order chi connectivity index (χ0) is 12.8. The molecule has 1 aliphatic heterocycles. The molecule has 1 heterocycles. The zero-order valence-corrected chi connectivity index (χ0v) is 11.4. The minimum Gasteiger partial charge on any atom is -0.494 e. The van der Waals surface area contributed by atoms with Crippen molar-refractivity contribution in [3.05, 3.63) is 29.3 Å². The molecule has 0 aromatic heterocycles. The SMILES string of the molecule is CCOc1ccc(CCC2CNCCO2)cc1C. The number of rotatable bonds is 5. The molecule has 2 rings (SSSR count). The van der Waals surface area contributed by atoms with Crippen LogP contribution < -0.4 is 10.1 Å². The van der Waals surface area contributed by atoms with E-state index in [-0.39, 0.29) is 0 Å². The second-order valence-corrected chi connectivity index (χ2v) is 4.77. The predicted molar refractivity (Wildman–Crippen MR) is 73.3 cm³/mol. The van der Waals surface area contributed by atoms with Gasteiger partial charge in [0.05, 0.1) is 19.3 Å². The van der Waals surface area contributed by atoms with Gasteiger partial charge in [-0.3, -0.25) is 0 Å². The third kappa shape index (κ3) is 3.72. The minimum atomic E-state index is 0.366. The van der Waals surface area contributed by atoms with Gasteiger partial charge in [0.1, 0.15) is 5.75 Å². The lowest BCUT2D eigenvalue weighted by Crippen LogP contribution is -2.38. The lowest BCUT2D eigenvalue weighted by atomic mass is 10.0. The maximum absolute atomic E-state index is 5.71. The van der Waals surface area contributed by atoms with Crippen molar-refractivity contribution in [2.75, 3.05) is 26.3 Å². The van der Waals surface area contributed by atoms with Crippen molar-refractivity contribution in [1.29, 1.82) is 0 Å². The average molecular weight is 249 g/mol. The molecule has 0 radical (unpaired) electrons. The van der Waals surface area contributed by atoms with E-state index in [1.165, 1.54) is 11.1 Å². The van der Waals surface area contributed by atoms with Crippen molar-refractivity contribution in [1.82, 2.24) is 5.32 Å². The van der Waals surface area contributed by atoms with E-state index in [0.29, 0.717) is 6.10 Å². The highest BCUT2D eigenvalue weighted by Gasteiger charge is 2.13. The molecule has 1 unspecified atom stereocenters. The highest BCUT2D eigenvalue weighted by Crippen LogP contribution is 2.20. The van der Waals surface area contributed by atoms with Crippen LogP contribution in [0, 0.1) is 6.92 Å². The normalized spacial score (nSPS) is 19.8. The Labute approximate surface area is 109 Å². The van der Waals surface area contributed by atoms with Crippen molar-refractivity contribution >= 4 is 0 Å². The third-order valence-corrected chi connectivity index (χ3v) is 3.30. The first-order valence-electron chi connectivity index (χ1n) is 6.84. The van der Waals surface area contributed by atoms with Crippen LogP contribution in [0.1, 0.15) is 24.5 Å². The molecule has 100 valence electrons. The van der Waals surface area contributed by atoms with Crippen LogP contribution in [0.5, 0.6) is 5.75 Å². The van der Waals surface area contributed by atoms with Crippen molar-refractivity contribution in [2.45, 2.75) is 32.8 Å². The van der Waals surface area contributed by atoms with Crippen LogP contribution in [0.25, 0.3) is 0 Å². The number of hydrogen-bond donors (Lipinski definition) is 1. The Balaban J connectivity index is 1.87. The molecule has 0 aliphatic carbocycles. The second kappa shape index (κ2) is 6.76. The van der Waals surface area contributed by atoms with Gasteiger partial charge >= 0.3 is 0 Å². The fraction of sp³-hybridized carbons (Fsp3) is 0.600. The van der Waals surface area contributed by atoms with Crippen LogP contribution >= 0.6 is 0 Å². The summed E-state index contributed by atoms with van der Waals surface area (Å²) in [5.41, 5.74) is 2.59. The summed E-state index contributed by atoms with van der Waals surface area (Å²) in [5.74, 6) is 0.997. The Bertz CT molecular complexity index is 373. The molecule has 0 bridgehead atoms. The summed E-state index contributed by atoms with van der Waals surface area (Å²) < 4.78 is 11.3. The maximum atomic E-state index is 5.71. The Morgan fingerprint density at radius 2 is 2.33 bits per heavy atom. The average Bonchev–Trinajstić information content (AvgIpc) is 2.41. The first kappa shape index (κ1) is 13.4. The van der Waals surface area contributed by atoms with Crippen LogP contribution in [-0.2, 0) is 11.2 Å². The molecule has 1 N–H and O–H groups in total. The first-order chi connectivity index (χ1) is 8.79. The van der Waals surface area contributed by atoms with Crippen LogP contribution in [0.3, 0.4) is 0 Å². The van der Waals surface area contributed by atoms with E-state index in [1.807, 2.05) is 6.92 Å². The Kier molecular flexibility index (Phi) is 5.02. The molecule has 1 fully saturated rings. The summed E-state index contributed by atoms with van der Waals surface area (Å²) in [4.78, 5) is 0. The number of aryl methyl sites for hydroxylation is 2. The highest BCUT2D eigenvalue weighted by molar-refractivity contribution is 5.36. The van der Waals surface area contributed by atoms with Crippen molar-refractivity contribution in [3.63, 3.8) is 0 Å². The van der Waals surface area contributed by atoms with Gasteiger partial charge in [-0.25, -0.2) is 0 Å². The standard InChI is InChI=1S/C15H23NO2/c1-3-17-15-7-5-13(10-12(15)2)4-6-14-11-16-8-9-18-14/h5,7,10,14,16H,3-4,6,8-9,11H2,1-2H3. The largest absolute Gasteiger partial charge is 0.494 e. The maximum Gasteiger partial charge on any atom is 0.122 e. The second-order valence-electron chi connectivity index (χ2n) is 4.77. The summed E-state index contributed by atoms with van der Waals surface area (Å²) in [6, 6.07) is 6.46. The summed E-state index contributed by atoms with van der Waals surface area (Å²) in [6.07, 6.45) is 2.52. The van der Waals surface area contributed by atoms with E-state index >= 15 is 0 Å². The molecule has 3 nitrogen and oxygen atoms in total. The van der Waals surface area contributed by atoms with E-state index in [0.717, 1.165) is 44.9 Å². The van der Waals surface area contributed by atoms with Gasteiger partial charge in [-0.15, -0.1) is 0 Å². The van der Waals surface area contributed by atoms with Crippen molar-refractivity contribution < 1.29 is 9.47 Å². The highest BCUT2D eigenvalue weighted by atomic mass is 16.5. The van der Waals surface area contributed by atoms with Crippen molar-refractivity contribution in [3.8, 4) is 5.75 Å². The van der Waals surface area contributed by atoms with Gasteiger partial charge in [-0.05, 0) is 43.9 Å². The Hall–Kier alpha value is -1.06. The first-order valence-corrected chi connectivity index (χ1v) is 6.84. The molecule has 0 saturated carbocycles. The molecule has 1 aromatic carbocycles. The van der Waals surface area contributed by atoms with Gasteiger partial charge in [-0.2, -0.15) is 0 Å². The monoisotopic (exact) mass is 249 g/mol.